The van der Waals surface area contributed by atoms with Gasteiger partial charge in [-0.2, -0.15) is 0 Å². The van der Waals surface area contributed by atoms with Crippen LogP contribution in [0.15, 0.2) is 36.4 Å². The maximum atomic E-state index is 10.6. The zero-order valence-corrected chi connectivity index (χ0v) is 18.6. The van der Waals surface area contributed by atoms with E-state index in [1.54, 1.807) is 25.1 Å². The average molecular weight is 462 g/mol. The van der Waals surface area contributed by atoms with Gasteiger partial charge in [0.05, 0.1) is 12.2 Å². The average Bonchev–Trinajstić information content (AvgIpc) is 3.62. The number of benzene rings is 2. The summed E-state index contributed by atoms with van der Waals surface area (Å²) in [6.07, 6.45) is -3.18. The maximum Gasteiger partial charge on any atom is 0.184 e. The van der Waals surface area contributed by atoms with Crippen molar-refractivity contribution in [2.45, 2.75) is 62.4 Å². The summed E-state index contributed by atoms with van der Waals surface area (Å²) in [5, 5.41) is 41.2. The monoisotopic (exact) mass is 461 g/mol. The summed E-state index contributed by atoms with van der Waals surface area (Å²) in [6, 6.07) is 12.1. The molecular weight excluding hydrogens is 434 g/mol. The zero-order chi connectivity index (χ0) is 22.6. The van der Waals surface area contributed by atoms with E-state index in [1.165, 1.54) is 12.8 Å². The summed E-state index contributed by atoms with van der Waals surface area (Å²) in [4.78, 5) is 2.42. The molecule has 2 aliphatic heterocycles. The number of nitrogens with zero attached hydrogens (tertiary/aromatic N) is 1. The molecule has 2 heterocycles. The Kier molecular flexibility index (Phi) is 5.60. The summed E-state index contributed by atoms with van der Waals surface area (Å²) in [7, 11) is 0. The highest BCUT2D eigenvalue weighted by molar-refractivity contribution is 6.31. The quantitative estimate of drug-likeness (QED) is 0.551. The Morgan fingerprint density at radius 2 is 1.84 bits per heavy atom. The molecule has 5 rings (SSSR count). The van der Waals surface area contributed by atoms with Gasteiger partial charge < -0.3 is 34.8 Å². The Morgan fingerprint density at radius 1 is 1.06 bits per heavy atom. The van der Waals surface area contributed by atoms with Crippen molar-refractivity contribution >= 4 is 17.3 Å². The molecule has 0 unspecified atom stereocenters. The lowest BCUT2D eigenvalue weighted by molar-refractivity contribution is -0.320. The summed E-state index contributed by atoms with van der Waals surface area (Å²) >= 11 is 6.48. The first-order chi connectivity index (χ1) is 15.3. The van der Waals surface area contributed by atoms with Gasteiger partial charge in [0, 0.05) is 11.1 Å². The molecule has 2 aromatic carbocycles. The molecule has 0 amide bonds. The highest BCUT2D eigenvalue weighted by atomic mass is 35.5. The topological polar surface area (TPSA) is 103 Å². The van der Waals surface area contributed by atoms with Gasteiger partial charge in [0.1, 0.15) is 36.3 Å². The molecule has 4 N–H and O–H groups in total. The number of hydrogen-bond acceptors (Lipinski definition) is 7. The fourth-order valence-corrected chi connectivity index (χ4v) is 4.89. The molecule has 0 spiro atoms. The van der Waals surface area contributed by atoms with Crippen LogP contribution in [0.4, 0.5) is 5.69 Å². The van der Waals surface area contributed by atoms with Gasteiger partial charge in [-0.05, 0) is 61.1 Å². The van der Waals surface area contributed by atoms with Crippen LogP contribution in [0.1, 0.15) is 36.5 Å². The van der Waals surface area contributed by atoms with Gasteiger partial charge in [-0.25, -0.2) is 0 Å². The second-order valence-electron chi connectivity index (χ2n) is 9.10. The second kappa shape index (κ2) is 8.17. The van der Waals surface area contributed by atoms with Gasteiger partial charge in [-0.15, -0.1) is 0 Å². The number of aliphatic hydroxyl groups excluding tert-OH is 4. The standard InChI is InChI=1S/C24H28ClNO6/c1-24(22(29)20(27)21(28)23(30)32-24)15-3-6-17(25)14(12-15)10-13-2-7-18-19(11-13)31-9-8-26(18)16-4-5-16/h2-3,6-7,11-12,16,20-23,27-30H,4-5,8-10H2,1H3/t20-,21-,22+,23+,24-/m0/s1. The van der Waals surface area contributed by atoms with E-state index in [4.69, 9.17) is 21.1 Å². The molecule has 0 aromatic heterocycles. The van der Waals surface area contributed by atoms with Crippen molar-refractivity contribution in [1.29, 1.82) is 0 Å². The van der Waals surface area contributed by atoms with E-state index < -0.39 is 30.2 Å². The molecular formula is C24H28ClNO6. The lowest BCUT2D eigenvalue weighted by Crippen LogP contribution is -2.61. The minimum absolute atomic E-state index is 0.534. The third-order valence-corrected chi connectivity index (χ3v) is 7.19. The van der Waals surface area contributed by atoms with Crippen molar-refractivity contribution in [3.8, 4) is 5.75 Å². The van der Waals surface area contributed by atoms with Crippen LogP contribution >= 0.6 is 11.6 Å². The van der Waals surface area contributed by atoms with E-state index in [9.17, 15) is 20.4 Å². The highest BCUT2D eigenvalue weighted by Crippen LogP contribution is 2.41. The van der Waals surface area contributed by atoms with E-state index in [2.05, 4.69) is 17.0 Å². The summed E-state index contributed by atoms with van der Waals surface area (Å²) < 4.78 is 11.5. The van der Waals surface area contributed by atoms with Gasteiger partial charge in [-0.3, -0.25) is 0 Å². The van der Waals surface area contributed by atoms with Crippen molar-refractivity contribution in [2.75, 3.05) is 18.1 Å². The minimum atomic E-state index is -1.62. The number of hydrogen-bond donors (Lipinski definition) is 4. The van der Waals surface area contributed by atoms with Gasteiger partial charge >= 0.3 is 0 Å². The Morgan fingerprint density at radius 3 is 2.59 bits per heavy atom. The minimum Gasteiger partial charge on any atom is -0.490 e. The fraction of sp³-hybridized carbons (Fsp3) is 0.500. The van der Waals surface area contributed by atoms with Crippen molar-refractivity contribution in [3.05, 3.63) is 58.1 Å². The predicted octanol–water partition coefficient (Wildman–Crippen LogP) is 1.94. The number of ether oxygens (including phenoxy) is 2. The van der Waals surface area contributed by atoms with Crippen LogP contribution in [-0.2, 0) is 16.8 Å². The molecule has 0 radical (unpaired) electrons. The molecule has 7 nitrogen and oxygen atoms in total. The molecule has 1 saturated heterocycles. The number of aliphatic hydroxyl groups is 4. The zero-order valence-electron chi connectivity index (χ0n) is 17.8. The molecule has 0 bridgehead atoms. The lowest BCUT2D eigenvalue weighted by atomic mass is 9.82. The predicted molar refractivity (Wildman–Crippen MR) is 119 cm³/mol. The first-order valence-corrected chi connectivity index (χ1v) is 11.4. The van der Waals surface area contributed by atoms with Crippen molar-refractivity contribution in [2.24, 2.45) is 0 Å². The Bertz CT molecular complexity index is 1010. The number of anilines is 1. The fourth-order valence-electron chi connectivity index (χ4n) is 4.71. The van der Waals surface area contributed by atoms with E-state index in [-0.39, 0.29) is 0 Å². The van der Waals surface area contributed by atoms with Crippen molar-refractivity contribution < 1.29 is 29.9 Å². The molecule has 2 aromatic rings. The third kappa shape index (κ3) is 3.77. The van der Waals surface area contributed by atoms with Crippen molar-refractivity contribution in [1.82, 2.24) is 0 Å². The Balaban J connectivity index is 1.42. The van der Waals surface area contributed by atoms with E-state index in [1.807, 2.05) is 6.07 Å². The molecule has 2 fully saturated rings. The number of rotatable bonds is 4. The summed E-state index contributed by atoms with van der Waals surface area (Å²) in [6.45, 7) is 3.16. The molecule has 5 atom stereocenters. The van der Waals surface area contributed by atoms with Crippen molar-refractivity contribution in [3.63, 3.8) is 0 Å². The van der Waals surface area contributed by atoms with Crippen LogP contribution < -0.4 is 9.64 Å². The van der Waals surface area contributed by atoms with Crippen LogP contribution in [0, 0.1) is 0 Å². The molecule has 32 heavy (non-hydrogen) atoms. The molecule has 172 valence electrons. The first-order valence-electron chi connectivity index (χ1n) is 11.0. The van der Waals surface area contributed by atoms with Crippen LogP contribution in [-0.4, -0.2) is 64.2 Å². The third-order valence-electron chi connectivity index (χ3n) is 6.82. The normalized spacial score (nSPS) is 32.4. The second-order valence-corrected chi connectivity index (χ2v) is 9.51. The van der Waals surface area contributed by atoms with Gasteiger partial charge in [0.15, 0.2) is 6.29 Å². The van der Waals surface area contributed by atoms with Gasteiger partial charge in [0.2, 0.25) is 0 Å². The molecule has 8 heteroatoms. The Hall–Kier alpha value is -1.87. The lowest BCUT2D eigenvalue weighted by Gasteiger charge is -2.45. The van der Waals surface area contributed by atoms with E-state index in [0.717, 1.165) is 29.1 Å². The smallest absolute Gasteiger partial charge is 0.184 e. The van der Waals surface area contributed by atoms with Crippen LogP contribution in [0.2, 0.25) is 5.02 Å². The van der Waals surface area contributed by atoms with Gasteiger partial charge in [-0.1, -0.05) is 29.8 Å². The van der Waals surface area contributed by atoms with E-state index >= 15 is 0 Å². The van der Waals surface area contributed by atoms with Crippen LogP contribution in [0.3, 0.4) is 0 Å². The molecule has 3 aliphatic rings. The number of halogens is 1. The summed E-state index contributed by atoms with van der Waals surface area (Å²) in [5.74, 6) is 0.881. The van der Waals surface area contributed by atoms with E-state index in [0.29, 0.717) is 29.7 Å². The van der Waals surface area contributed by atoms with Crippen LogP contribution in [0.5, 0.6) is 5.75 Å². The highest BCUT2D eigenvalue weighted by Gasteiger charge is 2.51. The largest absolute Gasteiger partial charge is 0.490 e. The molecule has 1 saturated carbocycles. The van der Waals surface area contributed by atoms with Crippen LogP contribution in [0.25, 0.3) is 0 Å². The number of fused-ring (bicyclic) bond motifs is 1. The first kappa shape index (κ1) is 21.9. The summed E-state index contributed by atoms with van der Waals surface area (Å²) in [5.41, 5.74) is 2.11. The SMILES string of the molecule is C[C@@]1(c2ccc(Cl)c(Cc3ccc4c(c3)OCCN4C3CC3)c2)O[C@@H](O)[C@@H](O)[C@H](O)[C@H]1O. The maximum absolute atomic E-state index is 10.6. The Labute approximate surface area is 191 Å². The van der Waals surface area contributed by atoms with Gasteiger partial charge in [0.25, 0.3) is 0 Å². The molecule has 1 aliphatic carbocycles.